The molecule has 3 rings (SSSR count). The summed E-state index contributed by atoms with van der Waals surface area (Å²) in [6.07, 6.45) is 4.28. The number of aromatic nitrogens is 1. The van der Waals surface area contributed by atoms with Crippen LogP contribution in [0.5, 0.6) is 0 Å². The number of sulfone groups is 1. The lowest BCUT2D eigenvalue weighted by Gasteiger charge is -2.13. The topological polar surface area (TPSA) is 102 Å². The van der Waals surface area contributed by atoms with Gasteiger partial charge in [0.25, 0.3) is 5.91 Å². The number of anilines is 1. The highest BCUT2D eigenvalue weighted by molar-refractivity contribution is 7.91. The normalized spacial score (nSPS) is 17.9. The number of pyridine rings is 1. The van der Waals surface area contributed by atoms with Crippen LogP contribution in [0.25, 0.3) is 0 Å². The number of carbonyl (C=O) groups excluding carboxylic acids is 1. The maximum atomic E-state index is 12.4. The zero-order valence-electron chi connectivity index (χ0n) is 13.2. The van der Waals surface area contributed by atoms with Gasteiger partial charge in [0.15, 0.2) is 9.84 Å². The molecule has 9 heteroatoms. The van der Waals surface area contributed by atoms with E-state index in [4.69, 9.17) is 5.73 Å². The number of benzene rings is 1. The third-order valence-corrected chi connectivity index (χ3v) is 5.73. The second-order valence-electron chi connectivity index (χ2n) is 5.51. The smallest absolute Gasteiger partial charge is 0.255 e. The summed E-state index contributed by atoms with van der Waals surface area (Å²) in [5.74, 6) is -0.310. The van der Waals surface area contributed by atoms with Gasteiger partial charge in [0.1, 0.15) is 0 Å². The number of nitrogens with one attached hydrogen (secondary N) is 1. The Bertz CT molecular complexity index is 845. The molecule has 1 unspecified atom stereocenters. The molecule has 25 heavy (non-hydrogen) atoms. The predicted octanol–water partition coefficient (Wildman–Crippen LogP) is 2.74. The molecule has 1 aliphatic rings. The summed E-state index contributed by atoms with van der Waals surface area (Å²) in [6.45, 7) is 0. The second kappa shape index (κ2) is 8.62. The van der Waals surface area contributed by atoms with Gasteiger partial charge < -0.3 is 11.1 Å². The summed E-state index contributed by atoms with van der Waals surface area (Å²) >= 11 is 0. The molecule has 0 bridgehead atoms. The summed E-state index contributed by atoms with van der Waals surface area (Å²) in [5, 5.41) is 2.71. The molecular formula is C16H19Cl2N3O3S. The first kappa shape index (κ1) is 21.4. The van der Waals surface area contributed by atoms with Gasteiger partial charge in [-0.25, -0.2) is 8.42 Å². The molecule has 0 aliphatic carbocycles. The van der Waals surface area contributed by atoms with Crippen LogP contribution < -0.4 is 11.1 Å². The molecule has 1 aromatic heterocycles. The van der Waals surface area contributed by atoms with Crippen LogP contribution in [0.3, 0.4) is 0 Å². The molecule has 2 heterocycles. The number of hydrogen-bond acceptors (Lipinski definition) is 5. The van der Waals surface area contributed by atoms with Gasteiger partial charge in [0, 0.05) is 29.7 Å². The minimum Gasteiger partial charge on any atom is -0.324 e. The minimum absolute atomic E-state index is 0. The van der Waals surface area contributed by atoms with Crippen molar-refractivity contribution < 1.29 is 13.2 Å². The van der Waals surface area contributed by atoms with Crippen molar-refractivity contribution in [2.45, 2.75) is 23.8 Å². The highest BCUT2D eigenvalue weighted by Gasteiger charge is 2.27. The first-order valence-electron chi connectivity index (χ1n) is 7.31. The summed E-state index contributed by atoms with van der Waals surface area (Å²) < 4.78 is 24.8. The van der Waals surface area contributed by atoms with Crippen LogP contribution >= 0.6 is 24.8 Å². The minimum atomic E-state index is -3.41. The number of fused-ring (bicyclic) bond motifs is 1. The van der Waals surface area contributed by atoms with Crippen molar-refractivity contribution in [1.29, 1.82) is 0 Å². The van der Waals surface area contributed by atoms with Gasteiger partial charge in [0.2, 0.25) is 0 Å². The molecule has 0 spiro atoms. The monoisotopic (exact) mass is 403 g/mol. The van der Waals surface area contributed by atoms with E-state index in [0.717, 1.165) is 0 Å². The van der Waals surface area contributed by atoms with Crippen molar-refractivity contribution in [2.24, 2.45) is 5.73 Å². The lowest BCUT2D eigenvalue weighted by atomic mass is 10.0. The van der Waals surface area contributed by atoms with Crippen LogP contribution in [-0.4, -0.2) is 25.1 Å². The van der Waals surface area contributed by atoms with Crippen LogP contribution in [0.4, 0.5) is 5.69 Å². The van der Waals surface area contributed by atoms with E-state index in [1.54, 1.807) is 36.7 Å². The van der Waals surface area contributed by atoms with Gasteiger partial charge in [-0.3, -0.25) is 9.78 Å². The molecule has 3 N–H and O–H groups in total. The quantitative estimate of drug-likeness (QED) is 0.802. The molecule has 1 aromatic carbocycles. The summed E-state index contributed by atoms with van der Waals surface area (Å²) in [7, 11) is -3.41. The largest absolute Gasteiger partial charge is 0.324 e. The maximum absolute atomic E-state index is 12.4. The van der Waals surface area contributed by atoms with Gasteiger partial charge in [-0.2, -0.15) is 0 Å². The SMILES string of the molecule is Cl.Cl.NC1CCCS(=O)(=O)c2cc(C(=O)Nc3ccncc3)ccc21. The number of amides is 1. The van der Waals surface area contributed by atoms with Crippen molar-refractivity contribution in [1.82, 2.24) is 4.98 Å². The van der Waals surface area contributed by atoms with Crippen LogP contribution in [0.2, 0.25) is 0 Å². The summed E-state index contributed by atoms with van der Waals surface area (Å²) in [5.41, 5.74) is 7.52. The van der Waals surface area contributed by atoms with E-state index >= 15 is 0 Å². The zero-order chi connectivity index (χ0) is 16.4. The van der Waals surface area contributed by atoms with Gasteiger partial charge in [-0.1, -0.05) is 6.07 Å². The van der Waals surface area contributed by atoms with Gasteiger partial charge in [-0.05, 0) is 42.7 Å². The predicted molar refractivity (Wildman–Crippen MR) is 101 cm³/mol. The fourth-order valence-corrected chi connectivity index (χ4v) is 4.30. The molecule has 1 atom stereocenters. The Balaban J connectivity index is 0.00000156. The average Bonchev–Trinajstić information content (AvgIpc) is 2.65. The Hall–Kier alpha value is -1.67. The van der Waals surface area contributed by atoms with Crippen LogP contribution in [0.1, 0.15) is 34.8 Å². The third kappa shape index (κ3) is 4.70. The molecule has 1 aliphatic heterocycles. The molecule has 1 amide bonds. The standard InChI is InChI=1S/C16H17N3O3S.2ClH/c17-14-2-1-9-23(21,22)15-10-11(3-4-13(14)15)16(20)19-12-5-7-18-8-6-12;;/h3-8,10,14H,1-2,9,17H2,(H,18,19,20);2*1H. The molecule has 6 nitrogen and oxygen atoms in total. The molecule has 0 radical (unpaired) electrons. The Kier molecular flexibility index (Phi) is 7.37. The van der Waals surface area contributed by atoms with Crippen molar-refractivity contribution >= 4 is 46.2 Å². The average molecular weight is 404 g/mol. The third-order valence-electron chi connectivity index (χ3n) is 3.88. The van der Waals surface area contributed by atoms with E-state index in [1.807, 2.05) is 0 Å². The number of rotatable bonds is 2. The van der Waals surface area contributed by atoms with E-state index in [0.29, 0.717) is 29.7 Å². The first-order chi connectivity index (χ1) is 11.0. The lowest BCUT2D eigenvalue weighted by Crippen LogP contribution is -2.16. The van der Waals surface area contributed by atoms with Crippen LogP contribution in [0.15, 0.2) is 47.6 Å². The Morgan fingerprint density at radius 1 is 1.16 bits per heavy atom. The fraction of sp³-hybridized carbons (Fsp3) is 0.250. The number of nitrogens with two attached hydrogens (primary N) is 1. The molecule has 0 saturated heterocycles. The molecule has 0 fully saturated rings. The summed E-state index contributed by atoms with van der Waals surface area (Å²) in [4.78, 5) is 16.4. The van der Waals surface area contributed by atoms with Crippen molar-refractivity contribution in [2.75, 3.05) is 11.1 Å². The van der Waals surface area contributed by atoms with Gasteiger partial charge in [0.05, 0.1) is 10.6 Å². The number of carbonyl (C=O) groups is 1. The number of hydrogen-bond donors (Lipinski definition) is 2. The summed E-state index contributed by atoms with van der Waals surface area (Å²) in [6, 6.07) is 7.67. The van der Waals surface area contributed by atoms with E-state index < -0.39 is 9.84 Å². The van der Waals surface area contributed by atoms with Crippen molar-refractivity contribution in [3.8, 4) is 0 Å². The Labute approximate surface area is 159 Å². The van der Waals surface area contributed by atoms with E-state index in [1.165, 1.54) is 6.07 Å². The van der Waals surface area contributed by atoms with Crippen LogP contribution in [0, 0.1) is 0 Å². The second-order valence-corrected chi connectivity index (χ2v) is 7.59. The molecule has 2 aromatic rings. The van der Waals surface area contributed by atoms with Gasteiger partial charge >= 0.3 is 0 Å². The fourth-order valence-electron chi connectivity index (χ4n) is 2.65. The molecule has 0 saturated carbocycles. The molecular weight excluding hydrogens is 385 g/mol. The molecule has 136 valence electrons. The van der Waals surface area contributed by atoms with Crippen molar-refractivity contribution in [3.05, 3.63) is 53.9 Å². The Morgan fingerprint density at radius 3 is 2.52 bits per heavy atom. The number of nitrogens with zero attached hydrogens (tertiary/aromatic N) is 1. The zero-order valence-corrected chi connectivity index (χ0v) is 15.7. The van der Waals surface area contributed by atoms with E-state index in [-0.39, 0.29) is 47.4 Å². The van der Waals surface area contributed by atoms with Crippen LogP contribution in [-0.2, 0) is 9.84 Å². The lowest BCUT2D eigenvalue weighted by molar-refractivity contribution is 0.102. The Morgan fingerprint density at radius 2 is 1.84 bits per heavy atom. The first-order valence-corrected chi connectivity index (χ1v) is 8.96. The van der Waals surface area contributed by atoms with E-state index in [2.05, 4.69) is 10.3 Å². The number of halogens is 2. The van der Waals surface area contributed by atoms with E-state index in [9.17, 15) is 13.2 Å². The maximum Gasteiger partial charge on any atom is 0.255 e. The highest BCUT2D eigenvalue weighted by Crippen LogP contribution is 2.30. The van der Waals surface area contributed by atoms with Crippen molar-refractivity contribution in [3.63, 3.8) is 0 Å². The van der Waals surface area contributed by atoms with Gasteiger partial charge in [-0.15, -0.1) is 24.8 Å². The highest BCUT2D eigenvalue weighted by atomic mass is 35.5.